The van der Waals surface area contributed by atoms with Gasteiger partial charge in [0.1, 0.15) is 0 Å². The van der Waals surface area contributed by atoms with Crippen LogP contribution in [-0.4, -0.2) is 40.3 Å². The van der Waals surface area contributed by atoms with E-state index in [1.807, 2.05) is 31.3 Å². The third kappa shape index (κ3) is 4.64. The van der Waals surface area contributed by atoms with E-state index in [-0.39, 0.29) is 5.97 Å². The Bertz CT molecular complexity index is 771. The van der Waals surface area contributed by atoms with Crippen molar-refractivity contribution in [3.05, 3.63) is 53.3 Å². The molecule has 1 aromatic carbocycles. The molecule has 2 aromatic rings. The fourth-order valence-electron chi connectivity index (χ4n) is 4.33. The van der Waals surface area contributed by atoms with E-state index in [4.69, 9.17) is 4.74 Å². The maximum atomic E-state index is 13.0. The highest BCUT2D eigenvalue weighted by atomic mass is 16.5. The van der Waals surface area contributed by atoms with Crippen LogP contribution in [0.25, 0.3) is 0 Å². The van der Waals surface area contributed by atoms with Gasteiger partial charge in [-0.05, 0) is 51.6 Å². The molecule has 152 valence electrons. The molecule has 28 heavy (non-hydrogen) atoms. The molecule has 1 saturated heterocycles. The largest absolute Gasteiger partial charge is 0.466 e. The molecular formula is C23H33N3O2. The Morgan fingerprint density at radius 3 is 2.75 bits per heavy atom. The number of hydrogen-bond donors (Lipinski definition) is 0. The van der Waals surface area contributed by atoms with Gasteiger partial charge in [-0.1, -0.05) is 37.3 Å². The van der Waals surface area contributed by atoms with Crippen molar-refractivity contribution < 1.29 is 9.53 Å². The second kappa shape index (κ2) is 9.37. The van der Waals surface area contributed by atoms with Crippen LogP contribution in [0.2, 0.25) is 0 Å². The Labute approximate surface area is 168 Å². The number of likely N-dealkylation sites (tertiary alicyclic amines) is 1. The summed E-state index contributed by atoms with van der Waals surface area (Å²) in [6, 6.07) is 10.3. The Hall–Kier alpha value is -2.14. The lowest BCUT2D eigenvalue weighted by Crippen LogP contribution is -2.49. The Kier molecular flexibility index (Phi) is 6.89. The third-order valence-electron chi connectivity index (χ3n) is 5.78. The number of aromatic nitrogens is 2. The van der Waals surface area contributed by atoms with E-state index in [1.165, 1.54) is 16.8 Å². The van der Waals surface area contributed by atoms with E-state index >= 15 is 0 Å². The first-order valence-electron chi connectivity index (χ1n) is 10.5. The predicted molar refractivity (Wildman–Crippen MR) is 111 cm³/mol. The van der Waals surface area contributed by atoms with Crippen molar-refractivity contribution in [2.24, 2.45) is 5.41 Å². The van der Waals surface area contributed by atoms with Crippen LogP contribution in [0.15, 0.2) is 36.5 Å². The summed E-state index contributed by atoms with van der Waals surface area (Å²) in [4.78, 5) is 15.4. The molecule has 0 saturated carbocycles. The van der Waals surface area contributed by atoms with Gasteiger partial charge in [-0.3, -0.25) is 14.4 Å². The van der Waals surface area contributed by atoms with Crippen molar-refractivity contribution in [3.63, 3.8) is 0 Å². The van der Waals surface area contributed by atoms with Gasteiger partial charge in [-0.25, -0.2) is 0 Å². The normalized spacial score (nSPS) is 20.2. The van der Waals surface area contributed by atoms with E-state index in [0.29, 0.717) is 6.61 Å². The minimum absolute atomic E-state index is 0.0537. The molecule has 2 heterocycles. The van der Waals surface area contributed by atoms with Crippen LogP contribution in [0.4, 0.5) is 0 Å². The van der Waals surface area contributed by atoms with Crippen LogP contribution < -0.4 is 0 Å². The highest BCUT2D eigenvalue weighted by molar-refractivity contribution is 5.77. The van der Waals surface area contributed by atoms with Crippen molar-refractivity contribution in [2.75, 3.05) is 19.7 Å². The lowest BCUT2D eigenvalue weighted by Gasteiger charge is -2.41. The number of aryl methyl sites for hydroxylation is 1. The summed E-state index contributed by atoms with van der Waals surface area (Å²) in [5.41, 5.74) is 3.22. The SMILES string of the molecule is CCCn1ncc(CN2CCCC(Cc3ccccc3)(C(=O)OCC)C2)c1C. The van der Waals surface area contributed by atoms with Crippen LogP contribution in [0.3, 0.4) is 0 Å². The van der Waals surface area contributed by atoms with Crippen molar-refractivity contribution >= 4 is 5.97 Å². The molecule has 0 aliphatic carbocycles. The van der Waals surface area contributed by atoms with Crippen LogP contribution in [0.5, 0.6) is 0 Å². The number of esters is 1. The predicted octanol–water partition coefficient (Wildman–Crippen LogP) is 3.99. The van der Waals surface area contributed by atoms with E-state index in [0.717, 1.165) is 51.9 Å². The van der Waals surface area contributed by atoms with Crippen LogP contribution in [0, 0.1) is 12.3 Å². The van der Waals surface area contributed by atoms with Crippen molar-refractivity contribution in [3.8, 4) is 0 Å². The first-order valence-corrected chi connectivity index (χ1v) is 10.5. The molecule has 0 spiro atoms. The van der Waals surface area contributed by atoms with Gasteiger partial charge in [0.05, 0.1) is 18.2 Å². The molecule has 1 unspecified atom stereocenters. The number of benzene rings is 1. The molecule has 0 radical (unpaired) electrons. The summed E-state index contributed by atoms with van der Waals surface area (Å²) in [5.74, 6) is -0.0537. The van der Waals surface area contributed by atoms with Gasteiger partial charge >= 0.3 is 5.97 Å². The summed E-state index contributed by atoms with van der Waals surface area (Å²) in [7, 11) is 0. The molecule has 1 aromatic heterocycles. The van der Waals surface area contributed by atoms with Gasteiger partial charge in [0, 0.05) is 30.9 Å². The van der Waals surface area contributed by atoms with Crippen molar-refractivity contribution in [2.45, 2.75) is 59.5 Å². The van der Waals surface area contributed by atoms with Gasteiger partial charge in [-0.2, -0.15) is 5.10 Å². The number of ether oxygens (including phenoxy) is 1. The first-order chi connectivity index (χ1) is 13.6. The summed E-state index contributed by atoms with van der Waals surface area (Å²) in [5, 5.41) is 4.54. The Balaban J connectivity index is 1.78. The number of rotatable bonds is 8. The molecule has 1 fully saturated rings. The smallest absolute Gasteiger partial charge is 0.313 e. The second-order valence-corrected chi connectivity index (χ2v) is 7.96. The molecule has 1 aliphatic heterocycles. The first kappa shape index (κ1) is 20.6. The molecule has 0 bridgehead atoms. The highest BCUT2D eigenvalue weighted by Crippen LogP contribution is 2.36. The molecule has 1 aliphatic rings. The highest BCUT2D eigenvalue weighted by Gasteiger charge is 2.43. The fraction of sp³-hybridized carbons (Fsp3) is 0.565. The standard InChI is InChI=1S/C23H33N3O2/c1-4-13-26-19(3)21(16-24-26)17-25-14-9-12-23(18-25,22(27)28-5-2)15-20-10-7-6-8-11-20/h6-8,10-11,16H,4-5,9,12-15,17-18H2,1-3H3. The number of carbonyl (C=O) groups is 1. The maximum Gasteiger partial charge on any atom is 0.313 e. The van der Waals surface area contributed by atoms with E-state index < -0.39 is 5.41 Å². The number of hydrogen-bond acceptors (Lipinski definition) is 4. The molecule has 5 nitrogen and oxygen atoms in total. The summed E-state index contributed by atoms with van der Waals surface area (Å²) >= 11 is 0. The zero-order valence-corrected chi connectivity index (χ0v) is 17.5. The Morgan fingerprint density at radius 1 is 1.25 bits per heavy atom. The number of carbonyl (C=O) groups excluding carboxylic acids is 1. The van der Waals surface area contributed by atoms with Crippen molar-refractivity contribution in [1.29, 1.82) is 0 Å². The monoisotopic (exact) mass is 383 g/mol. The summed E-state index contributed by atoms with van der Waals surface area (Å²) in [6.07, 6.45) is 5.69. The van der Waals surface area contributed by atoms with Gasteiger partial charge in [0.15, 0.2) is 0 Å². The molecule has 0 N–H and O–H groups in total. The van der Waals surface area contributed by atoms with E-state index in [9.17, 15) is 4.79 Å². The van der Waals surface area contributed by atoms with E-state index in [1.54, 1.807) is 0 Å². The topological polar surface area (TPSA) is 47.4 Å². The fourth-order valence-corrected chi connectivity index (χ4v) is 4.33. The number of nitrogens with zero attached hydrogens (tertiary/aromatic N) is 3. The molecule has 5 heteroatoms. The lowest BCUT2D eigenvalue weighted by molar-refractivity contribution is -0.159. The average molecular weight is 384 g/mol. The van der Waals surface area contributed by atoms with Gasteiger partial charge in [-0.15, -0.1) is 0 Å². The van der Waals surface area contributed by atoms with Crippen LogP contribution >= 0.6 is 0 Å². The quantitative estimate of drug-likeness (QED) is 0.647. The zero-order valence-electron chi connectivity index (χ0n) is 17.5. The third-order valence-corrected chi connectivity index (χ3v) is 5.78. The van der Waals surface area contributed by atoms with Crippen LogP contribution in [0.1, 0.15) is 49.9 Å². The minimum atomic E-state index is -0.469. The molecule has 3 rings (SSSR count). The van der Waals surface area contributed by atoms with Gasteiger partial charge < -0.3 is 4.74 Å². The van der Waals surface area contributed by atoms with Crippen molar-refractivity contribution in [1.82, 2.24) is 14.7 Å². The minimum Gasteiger partial charge on any atom is -0.466 e. The molecule has 0 amide bonds. The second-order valence-electron chi connectivity index (χ2n) is 7.96. The van der Waals surface area contributed by atoms with Gasteiger partial charge in [0.2, 0.25) is 0 Å². The summed E-state index contributed by atoms with van der Waals surface area (Å²) in [6.45, 7) is 10.2. The lowest BCUT2D eigenvalue weighted by atomic mass is 9.75. The average Bonchev–Trinajstić information content (AvgIpc) is 3.03. The molecule has 1 atom stereocenters. The van der Waals surface area contributed by atoms with E-state index in [2.05, 4.69) is 40.7 Å². The maximum absolute atomic E-state index is 13.0. The van der Waals surface area contributed by atoms with Crippen LogP contribution in [-0.2, 0) is 29.0 Å². The molecular weight excluding hydrogens is 350 g/mol. The van der Waals surface area contributed by atoms with Gasteiger partial charge in [0.25, 0.3) is 0 Å². The zero-order chi connectivity index (χ0) is 20.0. The summed E-state index contributed by atoms with van der Waals surface area (Å²) < 4.78 is 7.62. The number of piperidine rings is 1. The Morgan fingerprint density at radius 2 is 2.04 bits per heavy atom.